The van der Waals surface area contributed by atoms with E-state index < -0.39 is 0 Å². The van der Waals surface area contributed by atoms with E-state index in [0.29, 0.717) is 18.4 Å². The number of nitrogens with zero attached hydrogens (tertiary/aromatic N) is 3. The monoisotopic (exact) mass is 349 g/mol. The highest BCUT2D eigenvalue weighted by Crippen LogP contribution is 2.32. The molecule has 0 aromatic carbocycles. The first-order valence-electron chi connectivity index (χ1n) is 8.40. The Kier molecular flexibility index (Phi) is 5.44. The molecule has 0 radical (unpaired) electrons. The molecule has 1 fully saturated rings. The van der Waals surface area contributed by atoms with Crippen molar-refractivity contribution in [1.29, 1.82) is 0 Å². The van der Waals surface area contributed by atoms with Crippen molar-refractivity contribution in [2.45, 2.75) is 57.4 Å². The molecule has 130 valence electrons. The number of hydrogen-bond acceptors (Lipinski definition) is 6. The van der Waals surface area contributed by atoms with Crippen molar-refractivity contribution in [2.24, 2.45) is 0 Å². The van der Waals surface area contributed by atoms with Crippen LogP contribution in [0.15, 0.2) is 16.1 Å². The van der Waals surface area contributed by atoms with E-state index in [1.54, 1.807) is 17.5 Å². The maximum absolute atomic E-state index is 12.0. The first kappa shape index (κ1) is 16.9. The lowest BCUT2D eigenvalue weighted by Crippen LogP contribution is -2.38. The number of carbonyl (C=O) groups is 1. The Morgan fingerprint density at radius 1 is 1.42 bits per heavy atom. The van der Waals surface area contributed by atoms with Gasteiger partial charge in [-0.15, -0.1) is 11.3 Å². The third kappa shape index (κ3) is 4.11. The molecule has 0 spiro atoms. The maximum atomic E-state index is 12.0. The van der Waals surface area contributed by atoms with Crippen LogP contribution < -0.4 is 10.6 Å². The number of aromatic nitrogens is 3. The predicted molar refractivity (Wildman–Crippen MR) is 91.0 cm³/mol. The first-order valence-corrected chi connectivity index (χ1v) is 9.28. The Labute approximate surface area is 145 Å². The van der Waals surface area contributed by atoms with Gasteiger partial charge in [0.25, 0.3) is 0 Å². The molecule has 2 atom stereocenters. The number of nitrogens with one attached hydrogen (secondary N) is 2. The molecule has 24 heavy (non-hydrogen) atoms. The summed E-state index contributed by atoms with van der Waals surface area (Å²) >= 11 is 1.59. The first-order chi connectivity index (χ1) is 11.6. The van der Waals surface area contributed by atoms with E-state index in [-0.39, 0.29) is 18.0 Å². The number of hydrogen-bond donors (Lipinski definition) is 2. The van der Waals surface area contributed by atoms with E-state index in [1.165, 1.54) is 12.8 Å². The molecule has 0 bridgehead atoms. The molecule has 0 unspecified atom stereocenters. The summed E-state index contributed by atoms with van der Waals surface area (Å²) in [5, 5.41) is 12.7. The number of amides is 2. The molecular weight excluding hydrogens is 326 g/mol. The molecule has 0 aliphatic heterocycles. The summed E-state index contributed by atoms with van der Waals surface area (Å²) in [6, 6.07) is -0.561. The van der Waals surface area contributed by atoms with Gasteiger partial charge in [-0.1, -0.05) is 24.9 Å². The molecule has 3 rings (SSSR count). The van der Waals surface area contributed by atoms with Crippen molar-refractivity contribution in [3.63, 3.8) is 0 Å². The van der Waals surface area contributed by atoms with Crippen LogP contribution in [0.4, 0.5) is 4.79 Å². The zero-order valence-electron chi connectivity index (χ0n) is 14.0. The van der Waals surface area contributed by atoms with Crippen LogP contribution in [0, 0.1) is 0 Å². The third-order valence-corrected chi connectivity index (χ3v) is 5.34. The summed E-state index contributed by atoms with van der Waals surface area (Å²) in [5.41, 5.74) is 0. The lowest BCUT2D eigenvalue weighted by Gasteiger charge is -2.13. The van der Waals surface area contributed by atoms with Crippen molar-refractivity contribution >= 4 is 17.4 Å². The molecule has 0 saturated heterocycles. The van der Waals surface area contributed by atoms with Gasteiger partial charge in [0.1, 0.15) is 6.04 Å². The van der Waals surface area contributed by atoms with Crippen molar-refractivity contribution in [1.82, 2.24) is 25.8 Å². The van der Waals surface area contributed by atoms with E-state index >= 15 is 0 Å². The van der Waals surface area contributed by atoms with Gasteiger partial charge < -0.3 is 15.2 Å². The number of urea groups is 1. The third-order valence-electron chi connectivity index (χ3n) is 4.34. The zero-order valence-corrected chi connectivity index (χ0v) is 14.8. The van der Waals surface area contributed by atoms with Gasteiger partial charge in [-0.2, -0.15) is 4.98 Å². The smallest absolute Gasteiger partial charge is 0.315 e. The highest BCUT2D eigenvalue weighted by Gasteiger charge is 2.24. The molecule has 2 amide bonds. The topological polar surface area (TPSA) is 92.9 Å². The summed E-state index contributed by atoms with van der Waals surface area (Å²) in [4.78, 5) is 20.7. The summed E-state index contributed by atoms with van der Waals surface area (Å²) in [5.74, 6) is 1.82. The van der Waals surface area contributed by atoms with Crippen LogP contribution in [-0.2, 0) is 0 Å². The van der Waals surface area contributed by atoms with E-state index in [0.717, 1.165) is 23.7 Å². The maximum Gasteiger partial charge on any atom is 0.315 e. The van der Waals surface area contributed by atoms with Crippen LogP contribution in [0.3, 0.4) is 0 Å². The van der Waals surface area contributed by atoms with Crippen molar-refractivity contribution in [3.05, 3.63) is 28.3 Å². The molecule has 1 aliphatic rings. The molecule has 2 heterocycles. The van der Waals surface area contributed by atoms with Gasteiger partial charge in [-0.25, -0.2) is 9.78 Å². The molecule has 8 heteroatoms. The summed E-state index contributed by atoms with van der Waals surface area (Å²) in [6.45, 7) is 4.41. The highest BCUT2D eigenvalue weighted by atomic mass is 32.1. The van der Waals surface area contributed by atoms with Gasteiger partial charge in [-0.05, 0) is 19.8 Å². The molecule has 2 N–H and O–H groups in total. The lowest BCUT2D eigenvalue weighted by molar-refractivity contribution is 0.233. The van der Waals surface area contributed by atoms with Gasteiger partial charge in [0.15, 0.2) is 5.82 Å². The second-order valence-electron chi connectivity index (χ2n) is 6.32. The van der Waals surface area contributed by atoms with Gasteiger partial charge in [0, 0.05) is 30.0 Å². The van der Waals surface area contributed by atoms with Crippen molar-refractivity contribution in [3.8, 4) is 0 Å². The van der Waals surface area contributed by atoms with E-state index in [9.17, 15) is 4.79 Å². The van der Waals surface area contributed by atoms with Crippen LogP contribution in [0.2, 0.25) is 0 Å². The van der Waals surface area contributed by atoms with Crippen molar-refractivity contribution in [2.75, 3.05) is 6.54 Å². The van der Waals surface area contributed by atoms with Gasteiger partial charge >= 0.3 is 6.03 Å². The minimum Gasteiger partial charge on any atom is -0.337 e. The largest absolute Gasteiger partial charge is 0.337 e. The summed E-state index contributed by atoms with van der Waals surface area (Å²) in [6.07, 6.45) is 6.46. The zero-order chi connectivity index (χ0) is 16.9. The molecule has 1 saturated carbocycles. The average molecular weight is 349 g/mol. The van der Waals surface area contributed by atoms with Crippen LogP contribution in [0.25, 0.3) is 0 Å². The molecule has 7 nitrogen and oxygen atoms in total. The van der Waals surface area contributed by atoms with E-state index in [1.807, 2.05) is 19.2 Å². The second kappa shape index (κ2) is 7.74. The van der Waals surface area contributed by atoms with Crippen LogP contribution in [0.1, 0.15) is 74.1 Å². The van der Waals surface area contributed by atoms with Crippen LogP contribution in [0.5, 0.6) is 0 Å². The lowest BCUT2D eigenvalue weighted by atomic mass is 10.1. The fraction of sp³-hybridized carbons (Fsp3) is 0.625. The summed E-state index contributed by atoms with van der Waals surface area (Å²) < 4.78 is 5.31. The van der Waals surface area contributed by atoms with Gasteiger partial charge in [-0.3, -0.25) is 0 Å². The van der Waals surface area contributed by atoms with Crippen LogP contribution in [-0.4, -0.2) is 27.7 Å². The Bertz CT molecular complexity index is 651. The molecule has 2 aromatic heterocycles. The number of carbonyl (C=O) groups excluding carboxylic acids is 1. The summed E-state index contributed by atoms with van der Waals surface area (Å²) in [7, 11) is 0. The quantitative estimate of drug-likeness (QED) is 0.834. The molecular formula is C16H23N5O2S. The predicted octanol–water partition coefficient (Wildman–Crippen LogP) is 3.35. The SMILES string of the molecule is C[C@@H](CNC(=O)N[C@H](C)c1nc(C2CCCC2)no1)c1nccs1. The Morgan fingerprint density at radius 2 is 2.21 bits per heavy atom. The normalized spacial score (nSPS) is 17.6. The Balaban J connectivity index is 1.47. The Morgan fingerprint density at radius 3 is 2.92 bits per heavy atom. The van der Waals surface area contributed by atoms with Gasteiger partial charge in [0.2, 0.25) is 5.89 Å². The van der Waals surface area contributed by atoms with Gasteiger partial charge in [0.05, 0.1) is 5.01 Å². The van der Waals surface area contributed by atoms with Crippen LogP contribution >= 0.6 is 11.3 Å². The van der Waals surface area contributed by atoms with Crippen molar-refractivity contribution < 1.29 is 9.32 Å². The van der Waals surface area contributed by atoms with E-state index in [4.69, 9.17) is 4.52 Å². The number of thiazole rings is 1. The fourth-order valence-electron chi connectivity index (χ4n) is 2.89. The number of rotatable bonds is 6. The average Bonchev–Trinajstić information content (AvgIpc) is 3.34. The van der Waals surface area contributed by atoms with E-state index in [2.05, 4.69) is 25.8 Å². The highest BCUT2D eigenvalue weighted by molar-refractivity contribution is 7.09. The molecule has 1 aliphatic carbocycles. The minimum absolute atomic E-state index is 0.184. The minimum atomic E-state index is -0.317. The second-order valence-corrected chi connectivity index (χ2v) is 7.25. The Hall–Kier alpha value is -1.96. The molecule has 2 aromatic rings. The standard InChI is InChI=1S/C16H23N5O2S/c1-10(15-17-7-8-24-15)9-18-16(22)19-11(2)14-20-13(21-23-14)12-5-3-4-6-12/h7-8,10-12H,3-6,9H2,1-2H3,(H2,18,19,22)/t10-,11+/m0/s1. The fourth-order valence-corrected chi connectivity index (χ4v) is 3.59.